The average molecular weight is 324 g/mol. The fourth-order valence-electron chi connectivity index (χ4n) is 2.56. The van der Waals surface area contributed by atoms with E-state index in [2.05, 4.69) is 4.98 Å². The van der Waals surface area contributed by atoms with Crippen LogP contribution in [0.3, 0.4) is 0 Å². The van der Waals surface area contributed by atoms with Gasteiger partial charge >= 0.3 is 5.69 Å². The summed E-state index contributed by atoms with van der Waals surface area (Å²) in [5.74, 6) is -0.676. The average Bonchev–Trinajstić information content (AvgIpc) is 2.57. The number of nitrogens with two attached hydrogens (primary N) is 1. The number of aryl methyl sites for hydroxylation is 1. The number of nitrogens with zero attached hydrogens (tertiary/aromatic N) is 3. The Kier molecular flexibility index (Phi) is 3.99. The molecule has 3 aromatic rings. The molecular weight excluding hydrogens is 308 g/mol. The van der Waals surface area contributed by atoms with E-state index in [9.17, 15) is 14.4 Å². The molecule has 0 atom stereocenters. The molecule has 0 aliphatic carbocycles. The predicted octanol–water partition coefficient (Wildman–Crippen LogP) is 0.400. The molecule has 1 aromatic carbocycles. The molecule has 2 N–H and O–H groups in total. The number of fused-ring (bicyclic) bond motifs is 1. The third-order valence-electron chi connectivity index (χ3n) is 3.75. The number of hydrogen-bond acceptors (Lipinski definition) is 4. The first-order valence-corrected chi connectivity index (χ1v) is 7.39. The van der Waals surface area contributed by atoms with E-state index in [0.717, 1.165) is 20.3 Å². The van der Waals surface area contributed by atoms with Gasteiger partial charge in [-0.25, -0.2) is 9.78 Å². The van der Waals surface area contributed by atoms with E-state index in [1.807, 2.05) is 31.2 Å². The maximum atomic E-state index is 12.7. The third kappa shape index (κ3) is 2.83. The fourth-order valence-corrected chi connectivity index (χ4v) is 2.56. The number of primary amides is 1. The van der Waals surface area contributed by atoms with Crippen molar-refractivity contribution in [2.75, 3.05) is 0 Å². The molecule has 0 radical (unpaired) electrons. The number of carbonyl (C=O) groups is 1. The summed E-state index contributed by atoms with van der Waals surface area (Å²) in [6.07, 6.45) is 1.46. The second-order valence-corrected chi connectivity index (χ2v) is 5.59. The molecule has 24 heavy (non-hydrogen) atoms. The largest absolute Gasteiger partial charge is 0.368 e. The van der Waals surface area contributed by atoms with Gasteiger partial charge in [-0.05, 0) is 24.6 Å². The second-order valence-electron chi connectivity index (χ2n) is 5.59. The standard InChI is InChI=1S/C17H16N4O3/c1-11-4-6-12(7-5-11)9-21-16(23)13-3-2-8-19-15(13)20(17(21)24)10-14(18)22/h2-8H,9-10H2,1H3,(H2,18,22). The van der Waals surface area contributed by atoms with Crippen molar-refractivity contribution in [3.8, 4) is 0 Å². The first-order valence-electron chi connectivity index (χ1n) is 7.39. The Bertz CT molecular complexity index is 1030. The number of aromatic nitrogens is 3. The Morgan fingerprint density at radius 1 is 1.12 bits per heavy atom. The van der Waals surface area contributed by atoms with Crippen LogP contribution in [0.5, 0.6) is 0 Å². The number of benzene rings is 1. The number of rotatable bonds is 4. The quantitative estimate of drug-likeness (QED) is 0.751. The first kappa shape index (κ1) is 15.7. The van der Waals surface area contributed by atoms with Gasteiger partial charge in [-0.1, -0.05) is 29.8 Å². The zero-order valence-corrected chi connectivity index (χ0v) is 13.1. The number of pyridine rings is 1. The highest BCUT2D eigenvalue weighted by Crippen LogP contribution is 2.07. The van der Waals surface area contributed by atoms with Crippen LogP contribution in [0, 0.1) is 6.92 Å². The van der Waals surface area contributed by atoms with E-state index in [0.29, 0.717) is 0 Å². The molecule has 122 valence electrons. The molecular formula is C17H16N4O3. The van der Waals surface area contributed by atoms with Gasteiger partial charge in [0.05, 0.1) is 11.9 Å². The summed E-state index contributed by atoms with van der Waals surface area (Å²) < 4.78 is 2.23. The number of carbonyl (C=O) groups excluding carboxylic acids is 1. The van der Waals surface area contributed by atoms with E-state index in [4.69, 9.17) is 5.73 Å². The van der Waals surface area contributed by atoms with Crippen molar-refractivity contribution >= 4 is 16.9 Å². The molecule has 0 unspecified atom stereocenters. The molecule has 0 fully saturated rings. The van der Waals surface area contributed by atoms with E-state index in [1.54, 1.807) is 12.1 Å². The molecule has 0 spiro atoms. The van der Waals surface area contributed by atoms with Gasteiger partial charge in [0.2, 0.25) is 5.91 Å². The van der Waals surface area contributed by atoms with Crippen LogP contribution in [-0.4, -0.2) is 20.0 Å². The molecule has 0 saturated heterocycles. The van der Waals surface area contributed by atoms with E-state index in [1.165, 1.54) is 6.20 Å². The lowest BCUT2D eigenvalue weighted by Crippen LogP contribution is -2.42. The minimum Gasteiger partial charge on any atom is -0.368 e. The van der Waals surface area contributed by atoms with Gasteiger partial charge in [-0.2, -0.15) is 0 Å². The van der Waals surface area contributed by atoms with Crippen molar-refractivity contribution in [3.05, 3.63) is 74.6 Å². The molecule has 0 saturated carbocycles. The van der Waals surface area contributed by atoms with Gasteiger partial charge in [0.15, 0.2) is 0 Å². The maximum Gasteiger partial charge on any atom is 0.333 e. The van der Waals surface area contributed by atoms with Crippen LogP contribution in [-0.2, 0) is 17.9 Å². The van der Waals surface area contributed by atoms with Crippen LogP contribution in [0.1, 0.15) is 11.1 Å². The highest BCUT2D eigenvalue weighted by molar-refractivity contribution is 5.78. The zero-order chi connectivity index (χ0) is 17.3. The number of amides is 1. The van der Waals surface area contributed by atoms with Crippen molar-refractivity contribution in [2.45, 2.75) is 20.0 Å². The lowest BCUT2D eigenvalue weighted by molar-refractivity contribution is -0.118. The van der Waals surface area contributed by atoms with Gasteiger partial charge in [-0.3, -0.25) is 18.7 Å². The highest BCUT2D eigenvalue weighted by Gasteiger charge is 2.15. The monoisotopic (exact) mass is 324 g/mol. The predicted molar refractivity (Wildman–Crippen MR) is 89.7 cm³/mol. The Hall–Kier alpha value is -3.22. The molecule has 0 aliphatic rings. The SMILES string of the molecule is Cc1ccc(Cn2c(=O)c3cccnc3n(CC(N)=O)c2=O)cc1. The van der Waals surface area contributed by atoms with Crippen LogP contribution in [0.4, 0.5) is 0 Å². The lowest BCUT2D eigenvalue weighted by Gasteiger charge is -2.12. The smallest absolute Gasteiger partial charge is 0.333 e. The molecule has 7 heteroatoms. The summed E-state index contributed by atoms with van der Waals surface area (Å²) in [6.45, 7) is 1.74. The Morgan fingerprint density at radius 3 is 2.50 bits per heavy atom. The van der Waals surface area contributed by atoms with Crippen molar-refractivity contribution in [3.63, 3.8) is 0 Å². The van der Waals surface area contributed by atoms with Gasteiger partial charge < -0.3 is 5.73 Å². The molecule has 2 aromatic heterocycles. The van der Waals surface area contributed by atoms with Gasteiger partial charge in [-0.15, -0.1) is 0 Å². The first-order chi connectivity index (χ1) is 11.5. The van der Waals surface area contributed by atoms with E-state index >= 15 is 0 Å². The summed E-state index contributed by atoms with van der Waals surface area (Å²) in [7, 11) is 0. The third-order valence-corrected chi connectivity index (χ3v) is 3.75. The summed E-state index contributed by atoms with van der Waals surface area (Å²) in [5, 5.41) is 0.269. The minimum atomic E-state index is -0.676. The summed E-state index contributed by atoms with van der Waals surface area (Å²) >= 11 is 0. The lowest BCUT2D eigenvalue weighted by atomic mass is 10.1. The molecule has 2 heterocycles. The van der Waals surface area contributed by atoms with Crippen molar-refractivity contribution < 1.29 is 4.79 Å². The molecule has 7 nitrogen and oxygen atoms in total. The van der Waals surface area contributed by atoms with Crippen molar-refractivity contribution in [1.82, 2.24) is 14.1 Å². The highest BCUT2D eigenvalue weighted by atomic mass is 16.2. The van der Waals surface area contributed by atoms with Gasteiger partial charge in [0, 0.05) is 6.20 Å². The van der Waals surface area contributed by atoms with Crippen molar-refractivity contribution in [1.29, 1.82) is 0 Å². The second kappa shape index (κ2) is 6.11. The van der Waals surface area contributed by atoms with Gasteiger partial charge in [0.25, 0.3) is 5.56 Å². The van der Waals surface area contributed by atoms with Crippen LogP contribution in [0.15, 0.2) is 52.2 Å². The Morgan fingerprint density at radius 2 is 1.83 bits per heavy atom. The summed E-state index contributed by atoms with van der Waals surface area (Å²) in [5.41, 5.74) is 6.24. The number of hydrogen-bond donors (Lipinski definition) is 1. The molecule has 0 aliphatic heterocycles. The molecule has 3 rings (SSSR count). The van der Waals surface area contributed by atoms with Crippen LogP contribution in [0.2, 0.25) is 0 Å². The van der Waals surface area contributed by atoms with E-state index < -0.39 is 17.2 Å². The Balaban J connectivity index is 2.23. The molecule has 0 bridgehead atoms. The van der Waals surface area contributed by atoms with Gasteiger partial charge in [0.1, 0.15) is 12.2 Å². The fraction of sp³-hybridized carbons (Fsp3) is 0.176. The van der Waals surface area contributed by atoms with Crippen LogP contribution < -0.4 is 17.0 Å². The summed E-state index contributed by atoms with van der Waals surface area (Å²) in [4.78, 5) is 40.7. The maximum absolute atomic E-state index is 12.7. The molecule has 1 amide bonds. The zero-order valence-electron chi connectivity index (χ0n) is 13.1. The van der Waals surface area contributed by atoms with Crippen molar-refractivity contribution in [2.24, 2.45) is 5.73 Å². The Labute approximate surface area is 137 Å². The topological polar surface area (TPSA) is 100.0 Å². The normalized spacial score (nSPS) is 10.9. The summed E-state index contributed by atoms with van der Waals surface area (Å²) in [6, 6.07) is 10.7. The minimum absolute atomic E-state index is 0.113. The van der Waals surface area contributed by atoms with E-state index in [-0.39, 0.29) is 24.1 Å². The van der Waals surface area contributed by atoms with Crippen LogP contribution >= 0.6 is 0 Å². The van der Waals surface area contributed by atoms with Crippen LogP contribution in [0.25, 0.3) is 11.0 Å².